The van der Waals surface area contributed by atoms with Crippen LogP contribution in [-0.4, -0.2) is 25.4 Å². The minimum Gasteiger partial charge on any atom is -0.755 e. The maximum Gasteiger partial charge on any atom is 0.330 e. The van der Waals surface area contributed by atoms with E-state index in [2.05, 4.69) is 15.9 Å². The summed E-state index contributed by atoms with van der Waals surface area (Å²) in [5, 5.41) is 9.68. The lowest BCUT2D eigenvalue weighted by molar-refractivity contribution is -0.142. The predicted octanol–water partition coefficient (Wildman–Crippen LogP) is 4.11. The van der Waals surface area contributed by atoms with Crippen LogP contribution in [0.15, 0.2) is 53.0 Å². The number of carboxylic acid groups (broad SMARTS) is 1. The fourth-order valence-electron chi connectivity index (χ4n) is 3.37. The Bertz CT molecular complexity index is 786. The van der Waals surface area contributed by atoms with Crippen LogP contribution in [0.4, 0.5) is 5.69 Å². The Hall–Kier alpha value is -1.70. The number of halogens is 1. The highest BCUT2D eigenvalue weighted by Gasteiger charge is 2.47. The van der Waals surface area contributed by atoms with Crippen molar-refractivity contribution in [3.8, 4) is 11.1 Å². The molecule has 1 unspecified atom stereocenters. The maximum absolute atomic E-state index is 11.8. The van der Waals surface area contributed by atoms with E-state index in [1.807, 2.05) is 36.4 Å². The van der Waals surface area contributed by atoms with Gasteiger partial charge in [0.15, 0.2) is 0 Å². The first kappa shape index (κ1) is 18.1. The molecule has 0 amide bonds. The third-order valence-electron chi connectivity index (χ3n) is 4.65. The van der Waals surface area contributed by atoms with Gasteiger partial charge in [-0.3, -0.25) is 8.51 Å². The zero-order chi connectivity index (χ0) is 18.0. The van der Waals surface area contributed by atoms with Crippen LogP contribution in [0.5, 0.6) is 0 Å². The number of anilines is 1. The van der Waals surface area contributed by atoms with Crippen molar-refractivity contribution >= 4 is 38.9 Å². The first-order valence-electron chi connectivity index (χ1n) is 7.93. The molecule has 0 aliphatic heterocycles. The second-order valence-electron chi connectivity index (χ2n) is 6.11. The van der Waals surface area contributed by atoms with E-state index < -0.39 is 22.8 Å². The van der Waals surface area contributed by atoms with Crippen LogP contribution < -0.4 is 4.31 Å². The van der Waals surface area contributed by atoms with Gasteiger partial charge >= 0.3 is 5.97 Å². The zero-order valence-corrected chi connectivity index (χ0v) is 15.8. The average molecular weight is 423 g/mol. The molecule has 1 saturated carbocycles. The molecule has 132 valence electrons. The number of benzene rings is 2. The summed E-state index contributed by atoms with van der Waals surface area (Å²) in [4.78, 5) is 11.8. The number of hydrogen-bond donors (Lipinski definition) is 1. The second kappa shape index (κ2) is 7.27. The molecule has 0 bridgehead atoms. The molecule has 0 radical (unpaired) electrons. The SMILES string of the molecule is O=C(O)C1(N(c2ccc(-c3ccc(Br)cc3)cc2)S(=O)[O-])CCCC1. The molecule has 0 heterocycles. The molecule has 1 aliphatic rings. The van der Waals surface area contributed by atoms with E-state index in [-0.39, 0.29) is 0 Å². The van der Waals surface area contributed by atoms with E-state index in [9.17, 15) is 18.7 Å². The van der Waals surface area contributed by atoms with Gasteiger partial charge in [-0.2, -0.15) is 0 Å². The summed E-state index contributed by atoms with van der Waals surface area (Å²) in [5.41, 5.74) is 0.923. The van der Waals surface area contributed by atoms with Gasteiger partial charge in [0.25, 0.3) is 0 Å². The summed E-state index contributed by atoms with van der Waals surface area (Å²) in [5.74, 6) is -1.09. The maximum atomic E-state index is 11.8. The van der Waals surface area contributed by atoms with Crippen LogP contribution in [0, 0.1) is 0 Å². The summed E-state index contributed by atoms with van der Waals surface area (Å²) in [6.45, 7) is 0. The lowest BCUT2D eigenvalue weighted by atomic mass is 9.96. The van der Waals surface area contributed by atoms with Crippen LogP contribution in [-0.2, 0) is 16.1 Å². The number of carboxylic acids is 1. The predicted molar refractivity (Wildman–Crippen MR) is 99.8 cm³/mol. The van der Waals surface area contributed by atoms with E-state index in [1.165, 1.54) is 0 Å². The van der Waals surface area contributed by atoms with Crippen molar-refractivity contribution in [2.24, 2.45) is 0 Å². The van der Waals surface area contributed by atoms with Crippen molar-refractivity contribution in [3.63, 3.8) is 0 Å². The van der Waals surface area contributed by atoms with Gasteiger partial charge in [-0.05, 0) is 48.2 Å². The highest BCUT2D eigenvalue weighted by atomic mass is 79.9. The third-order valence-corrected chi connectivity index (χ3v) is 6.03. The topological polar surface area (TPSA) is 80.7 Å². The molecule has 25 heavy (non-hydrogen) atoms. The number of nitrogens with zero attached hydrogens (tertiary/aromatic N) is 1. The second-order valence-corrected chi connectivity index (χ2v) is 7.82. The Morgan fingerprint density at radius 2 is 1.52 bits per heavy atom. The van der Waals surface area contributed by atoms with Crippen LogP contribution >= 0.6 is 15.9 Å². The van der Waals surface area contributed by atoms with Gasteiger partial charge in [0.05, 0.1) is 0 Å². The molecule has 0 saturated heterocycles. The third kappa shape index (κ3) is 3.49. The van der Waals surface area contributed by atoms with Gasteiger partial charge in [-0.1, -0.05) is 53.0 Å². The van der Waals surface area contributed by atoms with Gasteiger partial charge in [-0.25, -0.2) is 4.79 Å². The van der Waals surface area contributed by atoms with E-state index in [0.29, 0.717) is 31.4 Å². The molecule has 2 aromatic rings. The van der Waals surface area contributed by atoms with Gasteiger partial charge in [0.2, 0.25) is 0 Å². The number of carbonyl (C=O) groups is 1. The Morgan fingerprint density at radius 3 is 1.96 bits per heavy atom. The molecule has 1 aliphatic carbocycles. The molecule has 1 atom stereocenters. The minimum atomic E-state index is -2.66. The lowest BCUT2D eigenvalue weighted by Crippen LogP contribution is -2.53. The summed E-state index contributed by atoms with van der Waals surface area (Å²) >= 11 is 0.729. The Kier molecular flexibility index (Phi) is 5.27. The fourth-order valence-corrected chi connectivity index (χ4v) is 4.48. The minimum absolute atomic E-state index is 0.324. The molecule has 0 spiro atoms. The molecule has 0 aromatic heterocycles. The van der Waals surface area contributed by atoms with Crippen LogP contribution in [0.25, 0.3) is 11.1 Å². The Labute approximate surface area is 157 Å². The van der Waals surface area contributed by atoms with Crippen molar-refractivity contribution < 1.29 is 18.7 Å². The number of aliphatic carboxylic acids is 1. The van der Waals surface area contributed by atoms with E-state index >= 15 is 0 Å². The number of hydrogen-bond acceptors (Lipinski definition) is 3. The molecule has 7 heteroatoms. The van der Waals surface area contributed by atoms with Crippen LogP contribution in [0.1, 0.15) is 25.7 Å². The Morgan fingerprint density at radius 1 is 1.04 bits per heavy atom. The highest BCUT2D eigenvalue weighted by molar-refractivity contribution is 9.10. The summed E-state index contributed by atoms with van der Waals surface area (Å²) in [7, 11) is 0. The van der Waals surface area contributed by atoms with Crippen molar-refractivity contribution in [2.75, 3.05) is 4.31 Å². The monoisotopic (exact) mass is 422 g/mol. The van der Waals surface area contributed by atoms with Crippen molar-refractivity contribution in [3.05, 3.63) is 53.0 Å². The molecular weight excluding hydrogens is 406 g/mol. The lowest BCUT2D eigenvalue weighted by Gasteiger charge is -2.40. The van der Waals surface area contributed by atoms with Crippen LogP contribution in [0.2, 0.25) is 0 Å². The summed E-state index contributed by atoms with van der Waals surface area (Å²) in [6.07, 6.45) is 2.06. The van der Waals surface area contributed by atoms with Gasteiger partial charge in [-0.15, -0.1) is 0 Å². The molecule has 2 aromatic carbocycles. The summed E-state index contributed by atoms with van der Waals surface area (Å²) < 4.78 is 25.7. The molecular formula is C18H17BrNO4S-. The molecule has 3 rings (SSSR count). The van der Waals surface area contributed by atoms with E-state index in [4.69, 9.17) is 0 Å². The smallest absolute Gasteiger partial charge is 0.330 e. The van der Waals surface area contributed by atoms with Gasteiger partial charge < -0.3 is 9.66 Å². The average Bonchev–Trinajstić information content (AvgIpc) is 3.07. The van der Waals surface area contributed by atoms with Gasteiger partial charge in [0.1, 0.15) is 5.54 Å². The largest absolute Gasteiger partial charge is 0.755 e. The molecule has 1 N–H and O–H groups in total. The van der Waals surface area contributed by atoms with Crippen molar-refractivity contribution in [1.82, 2.24) is 0 Å². The highest BCUT2D eigenvalue weighted by Crippen LogP contribution is 2.40. The molecule has 1 fully saturated rings. The first-order valence-corrected chi connectivity index (χ1v) is 9.75. The number of rotatable bonds is 5. The first-order chi connectivity index (χ1) is 11.9. The summed E-state index contributed by atoms with van der Waals surface area (Å²) in [6, 6.07) is 14.7. The quantitative estimate of drug-likeness (QED) is 0.734. The molecule has 5 nitrogen and oxygen atoms in total. The van der Waals surface area contributed by atoms with Crippen molar-refractivity contribution in [2.45, 2.75) is 31.2 Å². The van der Waals surface area contributed by atoms with E-state index in [0.717, 1.165) is 19.9 Å². The zero-order valence-electron chi connectivity index (χ0n) is 13.4. The normalized spacial score (nSPS) is 17.2. The van der Waals surface area contributed by atoms with E-state index in [1.54, 1.807) is 12.1 Å². The Balaban J connectivity index is 1.97. The fraction of sp³-hybridized carbons (Fsp3) is 0.278. The van der Waals surface area contributed by atoms with Gasteiger partial charge in [0, 0.05) is 21.4 Å². The standard InChI is InChI=1S/C18H18BrNO4S/c19-15-7-3-13(4-8-15)14-5-9-16(10-6-14)20(25(23)24)18(17(21)22)11-1-2-12-18/h3-10H,1-2,11-12H2,(H,21,22)(H,23,24)/p-1. The van der Waals surface area contributed by atoms with Crippen molar-refractivity contribution in [1.29, 1.82) is 0 Å². The van der Waals surface area contributed by atoms with Crippen LogP contribution in [0.3, 0.4) is 0 Å².